The number of esters is 1. The molecule has 0 bridgehead atoms. The van der Waals surface area contributed by atoms with Crippen molar-refractivity contribution < 1.29 is 19.1 Å². The Morgan fingerprint density at radius 1 is 1.04 bits per heavy atom. The van der Waals surface area contributed by atoms with Crippen molar-refractivity contribution in [2.75, 3.05) is 12.3 Å². The van der Waals surface area contributed by atoms with Gasteiger partial charge in [0.2, 0.25) is 6.10 Å². The zero-order valence-corrected chi connectivity index (χ0v) is 16.0. The van der Waals surface area contributed by atoms with Gasteiger partial charge in [-0.05, 0) is 25.5 Å². The van der Waals surface area contributed by atoms with Crippen LogP contribution in [0, 0.1) is 6.92 Å². The van der Waals surface area contributed by atoms with E-state index in [1.807, 2.05) is 31.2 Å². The summed E-state index contributed by atoms with van der Waals surface area (Å²) in [5.74, 6) is -1.17. The SMILES string of the molecule is CCNC(=O)NC(=O)[C@@H](OC(=O)CSc1ccccc1C)c1ccccc1. The predicted molar refractivity (Wildman–Crippen MR) is 104 cm³/mol. The monoisotopic (exact) mass is 386 g/mol. The zero-order valence-electron chi connectivity index (χ0n) is 15.2. The van der Waals surface area contributed by atoms with Gasteiger partial charge in [0.1, 0.15) is 0 Å². The molecule has 0 saturated carbocycles. The number of ether oxygens (including phenoxy) is 1. The Kier molecular flexibility index (Phi) is 7.88. The molecule has 2 N–H and O–H groups in total. The fourth-order valence-electron chi connectivity index (χ4n) is 2.30. The van der Waals surface area contributed by atoms with Crippen LogP contribution in [0.3, 0.4) is 0 Å². The average molecular weight is 386 g/mol. The molecule has 2 aromatic carbocycles. The molecule has 142 valence electrons. The Bertz CT molecular complexity index is 796. The van der Waals surface area contributed by atoms with Gasteiger partial charge >= 0.3 is 12.0 Å². The molecule has 3 amide bonds. The van der Waals surface area contributed by atoms with Crippen molar-refractivity contribution in [3.05, 3.63) is 65.7 Å². The minimum atomic E-state index is -1.20. The Morgan fingerprint density at radius 2 is 1.70 bits per heavy atom. The second-order valence-corrected chi connectivity index (χ2v) is 6.70. The molecule has 0 unspecified atom stereocenters. The first kappa shape index (κ1) is 20.5. The number of carbonyl (C=O) groups is 3. The molecule has 0 aliphatic carbocycles. The lowest BCUT2D eigenvalue weighted by atomic mass is 10.1. The van der Waals surface area contributed by atoms with E-state index in [1.54, 1.807) is 37.3 Å². The average Bonchev–Trinajstić information content (AvgIpc) is 2.66. The largest absolute Gasteiger partial charge is 0.447 e. The predicted octanol–water partition coefficient (Wildman–Crippen LogP) is 3.22. The third-order valence-electron chi connectivity index (χ3n) is 3.60. The number of rotatable bonds is 7. The summed E-state index contributed by atoms with van der Waals surface area (Å²) in [4.78, 5) is 37.3. The number of thioether (sulfide) groups is 1. The van der Waals surface area contributed by atoms with Crippen LogP contribution in [0.25, 0.3) is 0 Å². The van der Waals surface area contributed by atoms with Gasteiger partial charge in [0.25, 0.3) is 5.91 Å². The number of benzene rings is 2. The Hall–Kier alpha value is -2.80. The Labute approximate surface area is 162 Å². The van der Waals surface area contributed by atoms with Crippen molar-refractivity contribution in [3.63, 3.8) is 0 Å². The maximum Gasteiger partial charge on any atom is 0.321 e. The summed E-state index contributed by atoms with van der Waals surface area (Å²) in [5, 5.41) is 4.67. The third-order valence-corrected chi connectivity index (χ3v) is 4.75. The smallest absolute Gasteiger partial charge is 0.321 e. The highest BCUT2D eigenvalue weighted by Gasteiger charge is 2.26. The lowest BCUT2D eigenvalue weighted by molar-refractivity contribution is -0.153. The van der Waals surface area contributed by atoms with E-state index in [0.717, 1.165) is 10.5 Å². The van der Waals surface area contributed by atoms with Crippen LogP contribution in [0.2, 0.25) is 0 Å². The summed E-state index contributed by atoms with van der Waals surface area (Å²) in [6, 6.07) is 15.7. The molecule has 0 aliphatic rings. The lowest BCUT2D eigenvalue weighted by Crippen LogP contribution is -2.42. The zero-order chi connectivity index (χ0) is 19.6. The lowest BCUT2D eigenvalue weighted by Gasteiger charge is -2.17. The van der Waals surface area contributed by atoms with Crippen LogP contribution in [0.5, 0.6) is 0 Å². The van der Waals surface area contributed by atoms with Crippen LogP contribution < -0.4 is 10.6 Å². The molecule has 0 spiro atoms. The maximum absolute atomic E-state index is 12.4. The van der Waals surface area contributed by atoms with Crippen molar-refractivity contribution in [1.29, 1.82) is 0 Å². The van der Waals surface area contributed by atoms with Gasteiger partial charge < -0.3 is 10.1 Å². The first-order valence-electron chi connectivity index (χ1n) is 8.52. The summed E-state index contributed by atoms with van der Waals surface area (Å²) in [7, 11) is 0. The second-order valence-electron chi connectivity index (χ2n) is 5.68. The molecule has 0 aromatic heterocycles. The third kappa shape index (κ3) is 6.45. The van der Waals surface area contributed by atoms with Crippen molar-refractivity contribution in [3.8, 4) is 0 Å². The number of imide groups is 1. The minimum absolute atomic E-state index is 0.0582. The standard InChI is InChI=1S/C20H22N2O4S/c1-3-21-20(25)22-19(24)18(15-10-5-4-6-11-15)26-17(23)13-27-16-12-8-7-9-14(16)2/h4-12,18H,3,13H2,1-2H3,(H2,21,22,24,25)/t18-/m0/s1. The van der Waals surface area contributed by atoms with Crippen molar-refractivity contribution in [2.24, 2.45) is 0 Å². The van der Waals surface area contributed by atoms with E-state index in [1.165, 1.54) is 11.8 Å². The summed E-state index contributed by atoms with van der Waals surface area (Å²) in [6.07, 6.45) is -1.20. The van der Waals surface area contributed by atoms with Crippen LogP contribution in [0.1, 0.15) is 24.2 Å². The van der Waals surface area contributed by atoms with Crippen LogP contribution in [0.4, 0.5) is 4.79 Å². The molecule has 2 rings (SSSR count). The molecular formula is C20H22N2O4S. The summed E-state index contributed by atoms with van der Waals surface area (Å²) < 4.78 is 5.39. The molecule has 2 aromatic rings. The first-order chi connectivity index (χ1) is 13.0. The molecule has 0 heterocycles. The number of nitrogens with one attached hydrogen (secondary N) is 2. The highest BCUT2D eigenvalue weighted by Crippen LogP contribution is 2.24. The van der Waals surface area contributed by atoms with Crippen LogP contribution in [0.15, 0.2) is 59.5 Å². The number of urea groups is 1. The molecule has 27 heavy (non-hydrogen) atoms. The van der Waals surface area contributed by atoms with Crippen molar-refractivity contribution in [2.45, 2.75) is 24.8 Å². The topological polar surface area (TPSA) is 84.5 Å². The fourth-order valence-corrected chi connectivity index (χ4v) is 3.12. The van der Waals surface area contributed by atoms with Gasteiger partial charge in [-0.15, -0.1) is 11.8 Å². The summed E-state index contributed by atoms with van der Waals surface area (Å²) in [5.41, 5.74) is 1.55. The van der Waals surface area contributed by atoms with Gasteiger partial charge in [0.05, 0.1) is 5.75 Å². The van der Waals surface area contributed by atoms with Crippen molar-refractivity contribution in [1.82, 2.24) is 10.6 Å². The van der Waals surface area contributed by atoms with Crippen LogP contribution >= 0.6 is 11.8 Å². The molecular weight excluding hydrogens is 364 g/mol. The first-order valence-corrected chi connectivity index (χ1v) is 9.51. The van der Waals surface area contributed by atoms with Gasteiger partial charge in [-0.1, -0.05) is 48.5 Å². The number of carbonyl (C=O) groups excluding carboxylic acids is 3. The van der Waals surface area contributed by atoms with E-state index < -0.39 is 24.0 Å². The Morgan fingerprint density at radius 3 is 2.37 bits per heavy atom. The Balaban J connectivity index is 2.05. The van der Waals surface area contributed by atoms with Crippen molar-refractivity contribution >= 4 is 29.7 Å². The van der Waals surface area contributed by atoms with Crippen LogP contribution in [-0.2, 0) is 14.3 Å². The molecule has 0 radical (unpaired) electrons. The van der Waals surface area contributed by atoms with E-state index in [9.17, 15) is 14.4 Å². The molecule has 0 saturated heterocycles. The molecule has 6 nitrogen and oxygen atoms in total. The highest BCUT2D eigenvalue weighted by molar-refractivity contribution is 8.00. The van der Waals surface area contributed by atoms with Gasteiger partial charge in [-0.25, -0.2) is 4.79 Å². The maximum atomic E-state index is 12.4. The summed E-state index contributed by atoms with van der Waals surface area (Å²) in [6.45, 7) is 4.07. The molecule has 0 aliphatic heterocycles. The van der Waals surface area contributed by atoms with Gasteiger partial charge in [0, 0.05) is 17.0 Å². The number of aryl methyl sites for hydroxylation is 1. The van der Waals surface area contributed by atoms with E-state index in [4.69, 9.17) is 4.74 Å². The van der Waals surface area contributed by atoms with E-state index in [-0.39, 0.29) is 5.75 Å². The molecule has 7 heteroatoms. The quantitative estimate of drug-likeness (QED) is 0.564. The van der Waals surface area contributed by atoms with Gasteiger partial charge in [0.15, 0.2) is 0 Å². The summed E-state index contributed by atoms with van der Waals surface area (Å²) >= 11 is 1.34. The second kappa shape index (κ2) is 10.4. The van der Waals surface area contributed by atoms with E-state index in [2.05, 4.69) is 10.6 Å². The van der Waals surface area contributed by atoms with Gasteiger partial charge in [-0.3, -0.25) is 14.9 Å². The molecule has 0 fully saturated rings. The minimum Gasteiger partial charge on any atom is -0.447 e. The van der Waals surface area contributed by atoms with E-state index >= 15 is 0 Å². The van der Waals surface area contributed by atoms with Gasteiger partial charge in [-0.2, -0.15) is 0 Å². The number of hydrogen-bond acceptors (Lipinski definition) is 5. The number of hydrogen-bond donors (Lipinski definition) is 2. The molecule has 1 atom stereocenters. The van der Waals surface area contributed by atoms with E-state index in [0.29, 0.717) is 12.1 Å². The highest BCUT2D eigenvalue weighted by atomic mass is 32.2. The number of amides is 3. The normalized spacial score (nSPS) is 11.3. The van der Waals surface area contributed by atoms with Crippen LogP contribution in [-0.4, -0.2) is 30.2 Å². The fraction of sp³-hybridized carbons (Fsp3) is 0.250.